The highest BCUT2D eigenvalue weighted by Crippen LogP contribution is 2.30. The molecular weight excluding hydrogens is 444 g/mol. The van der Waals surface area contributed by atoms with Gasteiger partial charge in [0, 0.05) is 21.8 Å². The monoisotopic (exact) mass is 470 g/mol. The van der Waals surface area contributed by atoms with Crippen molar-refractivity contribution >= 4 is 37.5 Å². The number of hydrogen-bond acceptors (Lipinski definition) is 3. The number of rotatable bonds is 7. The Kier molecular flexibility index (Phi) is 5.86. The molecule has 5 aromatic rings. The van der Waals surface area contributed by atoms with Gasteiger partial charge in [0.05, 0.1) is 29.8 Å². The van der Waals surface area contributed by atoms with E-state index in [0.29, 0.717) is 5.69 Å². The summed E-state index contributed by atoms with van der Waals surface area (Å²) < 4.78 is 30.5. The van der Waals surface area contributed by atoms with E-state index in [-0.39, 0.29) is 18.0 Å². The fraction of sp³-hybridized carbons (Fsp3) is 0.143. The smallest absolute Gasteiger partial charge is 0.264 e. The lowest BCUT2D eigenvalue weighted by atomic mass is 10.2. The van der Waals surface area contributed by atoms with Crippen molar-refractivity contribution in [1.82, 2.24) is 4.57 Å². The third-order valence-corrected chi connectivity index (χ3v) is 7.91. The van der Waals surface area contributed by atoms with Crippen LogP contribution in [0, 0.1) is 6.92 Å². The molecule has 1 N–H and O–H groups in total. The Balaban J connectivity index is 1.53. The van der Waals surface area contributed by atoms with Crippen LogP contribution < -0.4 is 4.31 Å². The second-order valence-electron chi connectivity index (χ2n) is 8.48. The molecule has 0 aliphatic heterocycles. The first-order valence-corrected chi connectivity index (χ1v) is 12.7. The number of aliphatic hydroxyl groups excluding tert-OH is 1. The highest BCUT2D eigenvalue weighted by Gasteiger charge is 2.27. The molecule has 0 fully saturated rings. The fourth-order valence-corrected chi connectivity index (χ4v) is 5.96. The second-order valence-corrected chi connectivity index (χ2v) is 10.3. The van der Waals surface area contributed by atoms with Crippen LogP contribution in [0.4, 0.5) is 5.69 Å². The van der Waals surface area contributed by atoms with E-state index in [2.05, 4.69) is 16.7 Å². The van der Waals surface area contributed by atoms with Crippen molar-refractivity contribution in [3.8, 4) is 0 Å². The molecule has 0 radical (unpaired) electrons. The summed E-state index contributed by atoms with van der Waals surface area (Å²) >= 11 is 0. The Morgan fingerprint density at radius 1 is 0.765 bits per heavy atom. The highest BCUT2D eigenvalue weighted by molar-refractivity contribution is 7.92. The Bertz CT molecular complexity index is 1490. The Labute approximate surface area is 199 Å². The van der Waals surface area contributed by atoms with Crippen LogP contribution in [0.15, 0.2) is 108 Å². The molecule has 4 aromatic carbocycles. The maximum atomic E-state index is 13.6. The number of aromatic nitrogens is 1. The van der Waals surface area contributed by atoms with E-state index in [1.807, 2.05) is 55.5 Å². The Hall–Kier alpha value is -3.61. The van der Waals surface area contributed by atoms with Gasteiger partial charge in [-0.15, -0.1) is 0 Å². The lowest BCUT2D eigenvalue weighted by Crippen LogP contribution is -2.39. The number of aryl methyl sites for hydroxylation is 1. The molecule has 6 heteroatoms. The van der Waals surface area contributed by atoms with E-state index in [1.165, 1.54) is 4.31 Å². The minimum Gasteiger partial charge on any atom is -0.389 e. The van der Waals surface area contributed by atoms with Crippen LogP contribution in [0.2, 0.25) is 0 Å². The van der Waals surface area contributed by atoms with Gasteiger partial charge in [-0.1, -0.05) is 72.3 Å². The molecule has 0 saturated carbocycles. The number of para-hydroxylation sites is 2. The molecule has 1 atom stereocenters. The topological polar surface area (TPSA) is 62.5 Å². The summed E-state index contributed by atoms with van der Waals surface area (Å²) in [6, 6.07) is 31.8. The zero-order chi connectivity index (χ0) is 23.7. The van der Waals surface area contributed by atoms with E-state index < -0.39 is 16.1 Å². The van der Waals surface area contributed by atoms with E-state index in [0.717, 1.165) is 27.4 Å². The van der Waals surface area contributed by atoms with Gasteiger partial charge in [-0.2, -0.15) is 0 Å². The molecule has 0 saturated heterocycles. The molecule has 5 rings (SSSR count). The van der Waals surface area contributed by atoms with E-state index >= 15 is 0 Å². The largest absolute Gasteiger partial charge is 0.389 e. The zero-order valence-electron chi connectivity index (χ0n) is 18.9. The number of aliphatic hydroxyl groups is 1. The predicted octanol–water partition coefficient (Wildman–Crippen LogP) is 5.36. The molecule has 34 heavy (non-hydrogen) atoms. The molecule has 172 valence electrons. The summed E-state index contributed by atoms with van der Waals surface area (Å²) in [5.74, 6) is 0. The summed E-state index contributed by atoms with van der Waals surface area (Å²) in [7, 11) is -3.86. The van der Waals surface area contributed by atoms with Crippen molar-refractivity contribution in [3.05, 3.63) is 109 Å². The van der Waals surface area contributed by atoms with Crippen molar-refractivity contribution in [2.24, 2.45) is 0 Å². The number of benzene rings is 4. The van der Waals surface area contributed by atoms with Gasteiger partial charge in [0.15, 0.2) is 0 Å². The van der Waals surface area contributed by atoms with Gasteiger partial charge in [-0.3, -0.25) is 4.31 Å². The van der Waals surface area contributed by atoms with Crippen molar-refractivity contribution in [3.63, 3.8) is 0 Å². The number of hydrogen-bond donors (Lipinski definition) is 1. The number of sulfonamides is 1. The highest BCUT2D eigenvalue weighted by atomic mass is 32.2. The van der Waals surface area contributed by atoms with Gasteiger partial charge in [-0.25, -0.2) is 8.42 Å². The molecule has 0 bridgehead atoms. The first-order chi connectivity index (χ1) is 16.4. The summed E-state index contributed by atoms with van der Waals surface area (Å²) in [5, 5.41) is 13.4. The van der Waals surface area contributed by atoms with Gasteiger partial charge >= 0.3 is 0 Å². The van der Waals surface area contributed by atoms with Crippen molar-refractivity contribution in [2.75, 3.05) is 10.8 Å². The van der Waals surface area contributed by atoms with E-state index in [4.69, 9.17) is 0 Å². The standard InChI is InChI=1S/C28H26N2O3S/c1-21-15-17-22(18-16-21)30(34(32,33)24-9-3-2-4-10-24)20-23(31)19-29-27-13-7-5-11-25(27)26-12-6-8-14-28(26)29/h2-18,23,31H,19-20H2,1H3. The first kappa shape index (κ1) is 22.2. The number of anilines is 1. The van der Waals surface area contributed by atoms with Crippen LogP contribution in [-0.2, 0) is 16.6 Å². The quantitative estimate of drug-likeness (QED) is 0.348. The summed E-state index contributed by atoms with van der Waals surface area (Å²) in [6.45, 7) is 2.15. The lowest BCUT2D eigenvalue weighted by Gasteiger charge is -2.27. The average molecular weight is 471 g/mol. The normalized spacial score (nSPS) is 12.8. The van der Waals surface area contributed by atoms with Gasteiger partial charge < -0.3 is 9.67 Å². The molecule has 1 heterocycles. The molecule has 1 unspecified atom stereocenters. The molecular formula is C28H26N2O3S. The molecule has 0 aliphatic rings. The second kappa shape index (κ2) is 8.97. The molecule has 0 aliphatic carbocycles. The van der Waals surface area contributed by atoms with Crippen molar-refractivity contribution in [1.29, 1.82) is 0 Å². The minimum atomic E-state index is -3.86. The third kappa shape index (κ3) is 4.06. The van der Waals surface area contributed by atoms with Gasteiger partial charge in [-0.05, 0) is 43.3 Å². The van der Waals surface area contributed by atoms with Crippen LogP contribution in [0.3, 0.4) is 0 Å². The van der Waals surface area contributed by atoms with Gasteiger partial charge in [0.1, 0.15) is 0 Å². The average Bonchev–Trinajstić information content (AvgIpc) is 3.17. The van der Waals surface area contributed by atoms with Crippen LogP contribution in [-0.4, -0.2) is 30.7 Å². The minimum absolute atomic E-state index is 0.0683. The summed E-state index contributed by atoms with van der Waals surface area (Å²) in [5.41, 5.74) is 3.58. The van der Waals surface area contributed by atoms with Gasteiger partial charge in [0.2, 0.25) is 0 Å². The van der Waals surface area contributed by atoms with Crippen molar-refractivity contribution in [2.45, 2.75) is 24.5 Å². The molecule has 0 amide bonds. The zero-order valence-corrected chi connectivity index (χ0v) is 19.7. The molecule has 1 aromatic heterocycles. The maximum Gasteiger partial charge on any atom is 0.264 e. The Morgan fingerprint density at radius 2 is 1.29 bits per heavy atom. The van der Waals surface area contributed by atoms with Gasteiger partial charge in [0.25, 0.3) is 10.0 Å². The predicted molar refractivity (Wildman–Crippen MR) is 138 cm³/mol. The molecule has 0 spiro atoms. The summed E-state index contributed by atoms with van der Waals surface area (Å²) in [6.07, 6.45) is -0.931. The van der Waals surface area contributed by atoms with E-state index in [9.17, 15) is 13.5 Å². The Morgan fingerprint density at radius 3 is 1.88 bits per heavy atom. The summed E-state index contributed by atoms with van der Waals surface area (Å²) in [4.78, 5) is 0.194. The van der Waals surface area contributed by atoms with Crippen LogP contribution in [0.25, 0.3) is 21.8 Å². The van der Waals surface area contributed by atoms with Crippen LogP contribution in [0.1, 0.15) is 5.56 Å². The van der Waals surface area contributed by atoms with E-state index in [1.54, 1.807) is 42.5 Å². The number of nitrogens with zero attached hydrogens (tertiary/aromatic N) is 2. The maximum absolute atomic E-state index is 13.6. The van der Waals surface area contributed by atoms with Crippen LogP contribution >= 0.6 is 0 Å². The van der Waals surface area contributed by atoms with Crippen molar-refractivity contribution < 1.29 is 13.5 Å². The third-order valence-electron chi connectivity index (χ3n) is 6.10. The van der Waals surface area contributed by atoms with Crippen LogP contribution in [0.5, 0.6) is 0 Å². The SMILES string of the molecule is Cc1ccc(N(CC(O)Cn2c3ccccc3c3ccccc32)S(=O)(=O)c2ccccc2)cc1. The fourth-order valence-electron chi connectivity index (χ4n) is 4.43. The molecule has 5 nitrogen and oxygen atoms in total. The number of fused-ring (bicyclic) bond motifs is 3. The lowest BCUT2D eigenvalue weighted by molar-refractivity contribution is 0.166. The first-order valence-electron chi connectivity index (χ1n) is 11.2.